The van der Waals surface area contributed by atoms with Crippen molar-refractivity contribution in [3.05, 3.63) is 0 Å². The summed E-state index contributed by atoms with van der Waals surface area (Å²) in [5.41, 5.74) is -0.420. The lowest BCUT2D eigenvalue weighted by molar-refractivity contribution is -0.132. The number of nitrogens with one attached hydrogen (secondary N) is 2. The summed E-state index contributed by atoms with van der Waals surface area (Å²) in [7, 11) is 0. The van der Waals surface area contributed by atoms with E-state index < -0.39 is 5.54 Å². The molecule has 1 aliphatic heterocycles. The highest BCUT2D eigenvalue weighted by molar-refractivity contribution is 5.85. The van der Waals surface area contributed by atoms with Gasteiger partial charge in [0.05, 0.1) is 5.54 Å². The van der Waals surface area contributed by atoms with Crippen molar-refractivity contribution >= 4 is 5.91 Å². The van der Waals surface area contributed by atoms with Crippen LogP contribution in [0.1, 0.15) is 33.1 Å². The Balaban J connectivity index is 1.59. The second kappa shape index (κ2) is 7.38. The van der Waals surface area contributed by atoms with Crippen LogP contribution in [0, 0.1) is 5.92 Å². The number of hydrogen-bond acceptors (Lipinski definition) is 4. The Hall–Kier alpha value is -0.650. The van der Waals surface area contributed by atoms with E-state index in [9.17, 15) is 4.79 Å². The van der Waals surface area contributed by atoms with Crippen LogP contribution < -0.4 is 10.6 Å². The Morgan fingerprint density at radius 2 is 2.05 bits per heavy atom. The van der Waals surface area contributed by atoms with Crippen LogP contribution in [-0.4, -0.2) is 62.3 Å². The summed E-state index contributed by atoms with van der Waals surface area (Å²) in [6, 6.07) is 0. The number of nitrogens with zero attached hydrogens (tertiary/aromatic N) is 1. The molecule has 0 aromatic carbocycles. The predicted octanol–water partition coefficient (Wildman–Crippen LogP) is 0.603. The lowest BCUT2D eigenvalue weighted by Crippen LogP contribution is -2.60. The van der Waals surface area contributed by atoms with Gasteiger partial charge in [0.25, 0.3) is 0 Å². The van der Waals surface area contributed by atoms with Gasteiger partial charge in [-0.2, -0.15) is 0 Å². The van der Waals surface area contributed by atoms with E-state index in [1.807, 2.05) is 13.8 Å². The lowest BCUT2D eigenvalue weighted by Gasteiger charge is -2.39. The van der Waals surface area contributed by atoms with Crippen molar-refractivity contribution in [2.24, 2.45) is 5.92 Å². The summed E-state index contributed by atoms with van der Waals surface area (Å²) in [6.45, 7) is 10.2. The van der Waals surface area contributed by atoms with E-state index in [0.717, 1.165) is 51.7 Å². The molecule has 5 nitrogen and oxygen atoms in total. The molecular formula is C15H29N3O2. The first-order valence-electron chi connectivity index (χ1n) is 7.92. The van der Waals surface area contributed by atoms with E-state index in [4.69, 9.17) is 4.74 Å². The molecule has 0 spiro atoms. The Bertz CT molecular complexity index is 310. The summed E-state index contributed by atoms with van der Waals surface area (Å²) < 4.78 is 5.57. The third-order valence-electron chi connectivity index (χ3n) is 4.26. The smallest absolute Gasteiger partial charge is 0.239 e. The lowest BCUT2D eigenvalue weighted by atomic mass is 10.0. The third kappa shape index (κ3) is 4.72. The van der Waals surface area contributed by atoms with Crippen molar-refractivity contribution in [1.82, 2.24) is 15.5 Å². The summed E-state index contributed by atoms with van der Waals surface area (Å²) >= 11 is 0. The molecule has 116 valence electrons. The zero-order valence-electron chi connectivity index (χ0n) is 12.9. The largest absolute Gasteiger partial charge is 0.381 e. The molecule has 20 heavy (non-hydrogen) atoms. The molecule has 1 saturated carbocycles. The highest BCUT2D eigenvalue weighted by Crippen LogP contribution is 2.28. The van der Waals surface area contributed by atoms with E-state index in [1.54, 1.807) is 0 Å². The van der Waals surface area contributed by atoms with Gasteiger partial charge in [-0.3, -0.25) is 9.69 Å². The Labute approximate surface area is 122 Å². The van der Waals surface area contributed by atoms with Crippen LogP contribution in [-0.2, 0) is 9.53 Å². The summed E-state index contributed by atoms with van der Waals surface area (Å²) in [6.07, 6.45) is 3.56. The van der Waals surface area contributed by atoms with Gasteiger partial charge >= 0.3 is 0 Å². The zero-order valence-corrected chi connectivity index (χ0v) is 12.9. The molecule has 5 heteroatoms. The maximum Gasteiger partial charge on any atom is 0.239 e. The molecule has 2 rings (SSSR count). The highest BCUT2D eigenvalue weighted by Gasteiger charge is 2.34. The van der Waals surface area contributed by atoms with Gasteiger partial charge in [-0.25, -0.2) is 0 Å². The zero-order chi connectivity index (χ0) is 14.4. The van der Waals surface area contributed by atoms with E-state index in [-0.39, 0.29) is 5.91 Å². The highest BCUT2D eigenvalue weighted by atomic mass is 16.5. The molecule has 1 amide bonds. The molecule has 0 aromatic rings. The maximum absolute atomic E-state index is 12.3. The van der Waals surface area contributed by atoms with Crippen molar-refractivity contribution in [3.63, 3.8) is 0 Å². The predicted molar refractivity (Wildman–Crippen MR) is 79.7 cm³/mol. The van der Waals surface area contributed by atoms with E-state index in [0.29, 0.717) is 6.54 Å². The van der Waals surface area contributed by atoms with Crippen LogP contribution >= 0.6 is 0 Å². The molecule has 0 unspecified atom stereocenters. The summed E-state index contributed by atoms with van der Waals surface area (Å²) in [5, 5.41) is 6.36. The first kappa shape index (κ1) is 15.7. The second-order valence-corrected chi connectivity index (χ2v) is 6.42. The van der Waals surface area contributed by atoms with Gasteiger partial charge in [-0.15, -0.1) is 0 Å². The summed E-state index contributed by atoms with van der Waals surface area (Å²) in [5.74, 6) is 0.942. The number of carbonyl (C=O) groups is 1. The number of rotatable bonds is 8. The minimum Gasteiger partial charge on any atom is -0.381 e. The van der Waals surface area contributed by atoms with Gasteiger partial charge in [0.2, 0.25) is 5.91 Å². The molecular weight excluding hydrogens is 254 g/mol. The standard InChI is InChI=1S/C15H29N3O2/c1-15(2,18-9-7-16-8-10-18)14(19)17-6-3-11-20-12-13-4-5-13/h13,16H,3-12H2,1-2H3,(H,17,19). The van der Waals surface area contributed by atoms with Crippen molar-refractivity contribution in [2.75, 3.05) is 45.9 Å². The van der Waals surface area contributed by atoms with Crippen LogP contribution in [0.2, 0.25) is 0 Å². The van der Waals surface area contributed by atoms with Gasteiger partial charge in [-0.05, 0) is 39.0 Å². The van der Waals surface area contributed by atoms with Gasteiger partial charge < -0.3 is 15.4 Å². The van der Waals surface area contributed by atoms with Crippen LogP contribution in [0.3, 0.4) is 0 Å². The van der Waals surface area contributed by atoms with Gasteiger partial charge in [0, 0.05) is 45.9 Å². The fourth-order valence-corrected chi connectivity index (χ4v) is 2.49. The monoisotopic (exact) mass is 283 g/mol. The number of carbonyl (C=O) groups excluding carboxylic acids is 1. The molecule has 1 saturated heterocycles. The minimum absolute atomic E-state index is 0.126. The van der Waals surface area contributed by atoms with Crippen molar-refractivity contribution in [2.45, 2.75) is 38.6 Å². The van der Waals surface area contributed by atoms with Crippen molar-refractivity contribution in [3.8, 4) is 0 Å². The Morgan fingerprint density at radius 1 is 1.35 bits per heavy atom. The topological polar surface area (TPSA) is 53.6 Å². The van der Waals surface area contributed by atoms with E-state index in [2.05, 4.69) is 15.5 Å². The number of ether oxygens (including phenoxy) is 1. The first-order valence-corrected chi connectivity index (χ1v) is 7.92. The van der Waals surface area contributed by atoms with Gasteiger partial charge in [0.15, 0.2) is 0 Å². The van der Waals surface area contributed by atoms with Crippen molar-refractivity contribution in [1.29, 1.82) is 0 Å². The molecule has 1 aliphatic carbocycles. The second-order valence-electron chi connectivity index (χ2n) is 6.42. The molecule has 1 heterocycles. The SMILES string of the molecule is CC(C)(C(=O)NCCCOCC1CC1)N1CCNCC1. The normalized spacial score (nSPS) is 20.9. The van der Waals surface area contributed by atoms with Crippen LogP contribution in [0.5, 0.6) is 0 Å². The quantitative estimate of drug-likeness (QED) is 0.641. The van der Waals surface area contributed by atoms with Crippen LogP contribution in [0.15, 0.2) is 0 Å². The Morgan fingerprint density at radius 3 is 2.70 bits per heavy atom. The maximum atomic E-state index is 12.3. The van der Waals surface area contributed by atoms with E-state index >= 15 is 0 Å². The summed E-state index contributed by atoms with van der Waals surface area (Å²) in [4.78, 5) is 14.6. The molecule has 0 radical (unpaired) electrons. The van der Waals surface area contributed by atoms with E-state index in [1.165, 1.54) is 12.8 Å². The molecule has 0 bridgehead atoms. The first-order chi connectivity index (χ1) is 9.60. The minimum atomic E-state index is -0.420. The molecule has 0 aromatic heterocycles. The number of hydrogen-bond donors (Lipinski definition) is 2. The average molecular weight is 283 g/mol. The Kier molecular flexibility index (Phi) is 5.81. The average Bonchev–Trinajstić information content (AvgIpc) is 3.27. The molecule has 0 atom stereocenters. The fraction of sp³-hybridized carbons (Fsp3) is 0.933. The molecule has 2 fully saturated rings. The third-order valence-corrected chi connectivity index (χ3v) is 4.26. The fourth-order valence-electron chi connectivity index (χ4n) is 2.49. The number of amides is 1. The molecule has 2 aliphatic rings. The van der Waals surface area contributed by atoms with Gasteiger partial charge in [0.1, 0.15) is 0 Å². The number of piperazine rings is 1. The van der Waals surface area contributed by atoms with Crippen LogP contribution in [0.4, 0.5) is 0 Å². The van der Waals surface area contributed by atoms with Gasteiger partial charge in [-0.1, -0.05) is 0 Å². The van der Waals surface area contributed by atoms with Crippen molar-refractivity contribution < 1.29 is 9.53 Å². The van der Waals surface area contributed by atoms with Crippen LogP contribution in [0.25, 0.3) is 0 Å². The molecule has 2 N–H and O–H groups in total.